The van der Waals surface area contributed by atoms with Gasteiger partial charge in [0.1, 0.15) is 4.90 Å². The highest BCUT2D eigenvalue weighted by molar-refractivity contribution is 7.89. The van der Waals surface area contributed by atoms with Crippen molar-refractivity contribution in [3.8, 4) is 0 Å². The molecule has 1 aliphatic rings. The lowest BCUT2D eigenvalue weighted by Gasteiger charge is -2.30. The van der Waals surface area contributed by atoms with Crippen LogP contribution in [0.15, 0.2) is 17.0 Å². The highest BCUT2D eigenvalue weighted by atomic mass is 32.2. The van der Waals surface area contributed by atoms with Gasteiger partial charge in [0.05, 0.1) is 12.7 Å². The van der Waals surface area contributed by atoms with Gasteiger partial charge in [0.15, 0.2) is 11.6 Å². The van der Waals surface area contributed by atoms with Crippen molar-refractivity contribution in [3.63, 3.8) is 0 Å². The third-order valence-corrected chi connectivity index (χ3v) is 5.49. The predicted molar refractivity (Wildman–Crippen MR) is 71.1 cm³/mol. The number of hydrogen-bond acceptors (Lipinski definition) is 4. The van der Waals surface area contributed by atoms with Crippen LogP contribution in [0, 0.1) is 11.6 Å². The van der Waals surface area contributed by atoms with Crippen molar-refractivity contribution in [3.05, 3.63) is 29.3 Å². The minimum absolute atomic E-state index is 0.0132. The standard InChI is InChI=1S/C13H17F2NO4S/c1-20-10-2-4-16(5-3-10)21(18,19)12-7-9(8-17)6-11(14)13(12)15/h6-7,10,17H,2-5,8H2,1H3. The number of benzene rings is 1. The molecule has 0 unspecified atom stereocenters. The Morgan fingerprint density at radius 3 is 2.48 bits per heavy atom. The number of sulfonamides is 1. The average molecular weight is 321 g/mol. The summed E-state index contributed by atoms with van der Waals surface area (Å²) in [5.41, 5.74) is 0.0132. The van der Waals surface area contributed by atoms with Crippen LogP contribution in [0.25, 0.3) is 0 Å². The first kappa shape index (κ1) is 16.3. The number of halogens is 2. The predicted octanol–water partition coefficient (Wildman–Crippen LogP) is 1.26. The molecule has 0 amide bonds. The molecule has 118 valence electrons. The Labute approximate surface area is 122 Å². The number of methoxy groups -OCH3 is 1. The van der Waals surface area contributed by atoms with E-state index in [-0.39, 0.29) is 24.8 Å². The molecule has 0 aliphatic carbocycles. The fourth-order valence-electron chi connectivity index (χ4n) is 2.34. The first-order chi connectivity index (χ1) is 9.90. The van der Waals surface area contributed by atoms with Crippen molar-refractivity contribution in [2.24, 2.45) is 0 Å². The summed E-state index contributed by atoms with van der Waals surface area (Å²) in [7, 11) is -2.58. The van der Waals surface area contributed by atoms with Crippen LogP contribution in [0.2, 0.25) is 0 Å². The van der Waals surface area contributed by atoms with Crippen molar-refractivity contribution in [2.45, 2.75) is 30.4 Å². The molecule has 0 spiro atoms. The molecule has 2 rings (SSSR count). The summed E-state index contributed by atoms with van der Waals surface area (Å²) in [6, 6.07) is 1.75. The molecule has 0 radical (unpaired) electrons. The van der Waals surface area contributed by atoms with Crippen molar-refractivity contribution >= 4 is 10.0 Å². The largest absolute Gasteiger partial charge is 0.392 e. The summed E-state index contributed by atoms with van der Waals surface area (Å²) in [6.45, 7) is -0.192. The Hall–Kier alpha value is -1.09. The molecule has 21 heavy (non-hydrogen) atoms. The fourth-order valence-corrected chi connectivity index (χ4v) is 3.94. The van der Waals surface area contributed by atoms with Crippen LogP contribution >= 0.6 is 0 Å². The van der Waals surface area contributed by atoms with Crippen LogP contribution in [-0.2, 0) is 21.4 Å². The molecule has 1 fully saturated rings. The lowest BCUT2D eigenvalue weighted by atomic mass is 10.1. The zero-order chi connectivity index (χ0) is 15.6. The highest BCUT2D eigenvalue weighted by Gasteiger charge is 2.32. The van der Waals surface area contributed by atoms with Gasteiger partial charge in [-0.25, -0.2) is 17.2 Å². The van der Waals surface area contributed by atoms with E-state index in [4.69, 9.17) is 9.84 Å². The zero-order valence-electron chi connectivity index (χ0n) is 11.6. The Bertz CT molecular complexity index is 613. The van der Waals surface area contributed by atoms with Crippen molar-refractivity contribution in [2.75, 3.05) is 20.2 Å². The van der Waals surface area contributed by atoms with Crippen LogP contribution in [0.5, 0.6) is 0 Å². The van der Waals surface area contributed by atoms with E-state index in [9.17, 15) is 17.2 Å². The van der Waals surface area contributed by atoms with Gasteiger partial charge in [-0.05, 0) is 30.5 Å². The SMILES string of the molecule is COC1CCN(S(=O)(=O)c2cc(CO)cc(F)c2F)CC1. The van der Waals surface area contributed by atoms with Gasteiger partial charge >= 0.3 is 0 Å². The van der Waals surface area contributed by atoms with Gasteiger partial charge in [-0.1, -0.05) is 0 Å². The molecule has 8 heteroatoms. The topological polar surface area (TPSA) is 66.8 Å². The number of piperidine rings is 1. The number of hydrogen-bond donors (Lipinski definition) is 1. The smallest absolute Gasteiger partial charge is 0.246 e. The summed E-state index contributed by atoms with van der Waals surface area (Å²) >= 11 is 0. The molecular weight excluding hydrogens is 304 g/mol. The molecule has 0 aromatic heterocycles. The summed E-state index contributed by atoms with van der Waals surface area (Å²) in [5.74, 6) is -2.70. The number of nitrogens with zero attached hydrogens (tertiary/aromatic N) is 1. The minimum Gasteiger partial charge on any atom is -0.392 e. The Morgan fingerprint density at radius 2 is 1.95 bits per heavy atom. The van der Waals surface area contributed by atoms with Crippen LogP contribution in [0.1, 0.15) is 18.4 Å². The van der Waals surface area contributed by atoms with E-state index >= 15 is 0 Å². The first-order valence-electron chi connectivity index (χ1n) is 6.52. The monoisotopic (exact) mass is 321 g/mol. The average Bonchev–Trinajstić information content (AvgIpc) is 2.49. The molecule has 1 saturated heterocycles. The van der Waals surface area contributed by atoms with E-state index in [1.165, 1.54) is 0 Å². The molecule has 1 N–H and O–H groups in total. The van der Waals surface area contributed by atoms with Crippen molar-refractivity contribution in [1.29, 1.82) is 0 Å². The first-order valence-corrected chi connectivity index (χ1v) is 7.96. The lowest BCUT2D eigenvalue weighted by molar-refractivity contribution is 0.0604. The quantitative estimate of drug-likeness (QED) is 0.906. The molecule has 1 heterocycles. The van der Waals surface area contributed by atoms with Crippen molar-refractivity contribution in [1.82, 2.24) is 4.31 Å². The molecule has 1 aliphatic heterocycles. The van der Waals surface area contributed by atoms with Gasteiger partial charge < -0.3 is 9.84 Å². The van der Waals surface area contributed by atoms with E-state index in [1.54, 1.807) is 7.11 Å². The third-order valence-electron chi connectivity index (χ3n) is 3.59. The highest BCUT2D eigenvalue weighted by Crippen LogP contribution is 2.26. The van der Waals surface area contributed by atoms with Gasteiger partial charge in [-0.15, -0.1) is 0 Å². The molecule has 0 saturated carbocycles. The zero-order valence-corrected chi connectivity index (χ0v) is 12.4. The Morgan fingerprint density at radius 1 is 1.33 bits per heavy atom. The maximum Gasteiger partial charge on any atom is 0.246 e. The second-order valence-corrected chi connectivity index (χ2v) is 6.79. The number of ether oxygens (including phenoxy) is 1. The van der Waals surface area contributed by atoms with E-state index in [1.807, 2.05) is 0 Å². The summed E-state index contributed by atoms with van der Waals surface area (Å²) < 4.78 is 58.4. The second kappa shape index (κ2) is 6.35. The Balaban J connectivity index is 2.34. The normalized spacial score (nSPS) is 18.1. The van der Waals surface area contributed by atoms with Crippen LogP contribution in [-0.4, -0.2) is 44.1 Å². The summed E-state index contributed by atoms with van der Waals surface area (Å²) in [4.78, 5) is -0.734. The Kier molecular flexibility index (Phi) is 4.92. The molecule has 0 bridgehead atoms. The van der Waals surface area contributed by atoms with Gasteiger partial charge in [-0.2, -0.15) is 4.31 Å². The maximum atomic E-state index is 13.8. The van der Waals surface area contributed by atoms with E-state index < -0.39 is 33.2 Å². The van der Waals surface area contributed by atoms with Gasteiger partial charge in [0.25, 0.3) is 0 Å². The number of aliphatic hydroxyl groups excluding tert-OH is 1. The molecule has 1 aromatic rings. The number of aliphatic hydroxyl groups is 1. The van der Waals surface area contributed by atoms with Crippen molar-refractivity contribution < 1.29 is 27.0 Å². The molecule has 0 atom stereocenters. The van der Waals surface area contributed by atoms with Crippen LogP contribution < -0.4 is 0 Å². The van der Waals surface area contributed by atoms with E-state index in [2.05, 4.69) is 0 Å². The lowest BCUT2D eigenvalue weighted by Crippen LogP contribution is -2.40. The third kappa shape index (κ3) is 3.23. The maximum absolute atomic E-state index is 13.8. The fraction of sp³-hybridized carbons (Fsp3) is 0.538. The minimum atomic E-state index is -4.13. The summed E-state index contributed by atoms with van der Waals surface area (Å²) in [6.07, 6.45) is 0.973. The molecule has 5 nitrogen and oxygen atoms in total. The van der Waals surface area contributed by atoms with Gasteiger partial charge in [0, 0.05) is 20.2 Å². The van der Waals surface area contributed by atoms with E-state index in [0.29, 0.717) is 12.8 Å². The van der Waals surface area contributed by atoms with Gasteiger partial charge in [-0.3, -0.25) is 0 Å². The molecule has 1 aromatic carbocycles. The van der Waals surface area contributed by atoms with Gasteiger partial charge in [0.2, 0.25) is 10.0 Å². The summed E-state index contributed by atoms with van der Waals surface area (Å²) in [5, 5.41) is 9.01. The second-order valence-electron chi connectivity index (χ2n) is 4.89. The number of rotatable bonds is 4. The van der Waals surface area contributed by atoms with Crippen LogP contribution in [0.4, 0.5) is 8.78 Å². The van der Waals surface area contributed by atoms with E-state index in [0.717, 1.165) is 16.4 Å². The van der Waals surface area contributed by atoms with Crippen LogP contribution in [0.3, 0.4) is 0 Å². The molecular formula is C13H17F2NO4S.